The monoisotopic (exact) mass is 290 g/mol. The van der Waals surface area contributed by atoms with Gasteiger partial charge in [0.2, 0.25) is 0 Å². The van der Waals surface area contributed by atoms with Gasteiger partial charge in [0.15, 0.2) is 0 Å². The van der Waals surface area contributed by atoms with Gasteiger partial charge in [-0.2, -0.15) is 0 Å². The summed E-state index contributed by atoms with van der Waals surface area (Å²) in [5.74, 6) is -0.340. The second-order valence-electron chi connectivity index (χ2n) is 4.12. The Balaban J connectivity index is 1.97. The van der Waals surface area contributed by atoms with E-state index in [1.54, 1.807) is 25.2 Å². The van der Waals surface area contributed by atoms with Crippen LogP contribution in [-0.2, 0) is 11.4 Å². The summed E-state index contributed by atoms with van der Waals surface area (Å²) >= 11 is 6.02. The van der Waals surface area contributed by atoms with E-state index in [-0.39, 0.29) is 5.91 Å². The quantitative estimate of drug-likeness (QED) is 0.831. The number of carbonyl (C=O) groups excluding carboxylic acids is 1. The van der Waals surface area contributed by atoms with Crippen molar-refractivity contribution in [3.8, 4) is 0 Å². The average molecular weight is 291 g/mol. The lowest BCUT2D eigenvalue weighted by molar-refractivity contribution is 0.0234. The molecule has 0 bridgehead atoms. The molecule has 2 aromatic carbocycles. The molecule has 0 heterocycles. The highest BCUT2D eigenvalue weighted by atomic mass is 35.5. The fourth-order valence-electron chi connectivity index (χ4n) is 1.78. The molecule has 0 atom stereocenters. The third-order valence-corrected chi connectivity index (χ3v) is 3.07. The van der Waals surface area contributed by atoms with Crippen molar-refractivity contribution >= 4 is 23.2 Å². The van der Waals surface area contributed by atoms with Gasteiger partial charge in [0.05, 0.1) is 22.9 Å². The van der Waals surface area contributed by atoms with Crippen molar-refractivity contribution in [2.75, 3.05) is 12.4 Å². The van der Waals surface area contributed by atoms with Gasteiger partial charge in [0.25, 0.3) is 5.91 Å². The lowest BCUT2D eigenvalue weighted by Crippen LogP contribution is -2.24. The maximum absolute atomic E-state index is 12.0. The summed E-state index contributed by atoms with van der Waals surface area (Å²) in [6.07, 6.45) is 0. The molecule has 20 heavy (non-hydrogen) atoms. The second-order valence-corrected chi connectivity index (χ2v) is 4.53. The van der Waals surface area contributed by atoms with Crippen LogP contribution in [0.1, 0.15) is 15.9 Å². The van der Waals surface area contributed by atoms with Crippen molar-refractivity contribution in [1.29, 1.82) is 0 Å². The number of nitrogens with one attached hydrogen (secondary N) is 2. The van der Waals surface area contributed by atoms with Crippen molar-refractivity contribution in [2.45, 2.75) is 6.61 Å². The number of anilines is 1. The molecule has 0 aliphatic heterocycles. The molecule has 0 aliphatic rings. The largest absolute Gasteiger partial charge is 0.386 e. The van der Waals surface area contributed by atoms with E-state index in [9.17, 15) is 4.79 Å². The Morgan fingerprint density at radius 3 is 2.60 bits per heavy atom. The summed E-state index contributed by atoms with van der Waals surface area (Å²) in [7, 11) is 1.71. The molecule has 5 heteroatoms. The molecule has 0 aromatic heterocycles. The number of hydroxylamine groups is 1. The molecule has 0 unspecified atom stereocenters. The minimum absolute atomic E-state index is 0.308. The van der Waals surface area contributed by atoms with Gasteiger partial charge in [-0.3, -0.25) is 9.63 Å². The standard InChI is InChI=1S/C15H15ClN2O2/c1-17-14-12(8-5-9-13(14)16)15(19)18-20-10-11-6-3-2-4-7-11/h2-9,17H,10H2,1H3,(H,18,19). The third-order valence-electron chi connectivity index (χ3n) is 2.75. The number of halogens is 1. The number of rotatable bonds is 5. The van der Waals surface area contributed by atoms with Gasteiger partial charge >= 0.3 is 0 Å². The zero-order chi connectivity index (χ0) is 14.4. The van der Waals surface area contributed by atoms with E-state index >= 15 is 0 Å². The first-order valence-electron chi connectivity index (χ1n) is 6.14. The van der Waals surface area contributed by atoms with Crippen LogP contribution in [0.5, 0.6) is 0 Å². The lowest BCUT2D eigenvalue weighted by Gasteiger charge is -2.11. The average Bonchev–Trinajstić information content (AvgIpc) is 2.48. The van der Waals surface area contributed by atoms with Crippen LogP contribution >= 0.6 is 11.6 Å². The Kier molecular flexibility index (Phi) is 4.98. The fourth-order valence-corrected chi connectivity index (χ4v) is 2.05. The highest BCUT2D eigenvalue weighted by Crippen LogP contribution is 2.25. The van der Waals surface area contributed by atoms with Gasteiger partial charge in [-0.25, -0.2) is 5.48 Å². The maximum atomic E-state index is 12.0. The molecule has 0 spiro atoms. The molecule has 0 saturated heterocycles. The Morgan fingerprint density at radius 1 is 1.15 bits per heavy atom. The van der Waals surface area contributed by atoms with Crippen LogP contribution in [0, 0.1) is 0 Å². The predicted molar refractivity (Wildman–Crippen MR) is 79.7 cm³/mol. The van der Waals surface area contributed by atoms with E-state index in [0.29, 0.717) is 22.9 Å². The topological polar surface area (TPSA) is 50.4 Å². The third kappa shape index (κ3) is 3.50. The first-order valence-corrected chi connectivity index (χ1v) is 6.52. The van der Waals surface area contributed by atoms with Crippen LogP contribution in [0.3, 0.4) is 0 Å². The Hall–Kier alpha value is -2.04. The van der Waals surface area contributed by atoms with E-state index in [1.807, 2.05) is 30.3 Å². The van der Waals surface area contributed by atoms with E-state index in [4.69, 9.17) is 16.4 Å². The van der Waals surface area contributed by atoms with Crippen molar-refractivity contribution in [3.63, 3.8) is 0 Å². The van der Waals surface area contributed by atoms with Crippen LogP contribution in [-0.4, -0.2) is 13.0 Å². The van der Waals surface area contributed by atoms with E-state index in [0.717, 1.165) is 5.56 Å². The van der Waals surface area contributed by atoms with Gasteiger partial charge in [0.1, 0.15) is 0 Å². The predicted octanol–water partition coefficient (Wildman–Crippen LogP) is 3.24. The molecule has 0 aliphatic carbocycles. The summed E-state index contributed by atoms with van der Waals surface area (Å²) in [4.78, 5) is 17.2. The SMILES string of the molecule is CNc1c(Cl)cccc1C(=O)NOCc1ccccc1. The highest BCUT2D eigenvalue weighted by molar-refractivity contribution is 6.34. The van der Waals surface area contributed by atoms with E-state index in [2.05, 4.69) is 10.8 Å². The van der Waals surface area contributed by atoms with Crippen molar-refractivity contribution in [1.82, 2.24) is 5.48 Å². The first-order chi connectivity index (χ1) is 9.72. The van der Waals surface area contributed by atoms with Gasteiger partial charge in [-0.1, -0.05) is 48.0 Å². The molecule has 0 saturated carbocycles. The zero-order valence-electron chi connectivity index (χ0n) is 11.0. The minimum atomic E-state index is -0.340. The van der Waals surface area contributed by atoms with Crippen LogP contribution in [0.25, 0.3) is 0 Å². The van der Waals surface area contributed by atoms with Crippen LogP contribution in [0.2, 0.25) is 5.02 Å². The summed E-state index contributed by atoms with van der Waals surface area (Å²) in [5.41, 5.74) is 4.41. The number of hydrogen-bond acceptors (Lipinski definition) is 3. The van der Waals surface area contributed by atoms with Crippen LogP contribution in [0.15, 0.2) is 48.5 Å². The van der Waals surface area contributed by atoms with Crippen molar-refractivity contribution < 1.29 is 9.63 Å². The Morgan fingerprint density at radius 2 is 1.90 bits per heavy atom. The molecular weight excluding hydrogens is 276 g/mol. The zero-order valence-corrected chi connectivity index (χ0v) is 11.8. The van der Waals surface area contributed by atoms with E-state index < -0.39 is 0 Å². The summed E-state index contributed by atoms with van der Waals surface area (Å²) < 4.78 is 0. The summed E-state index contributed by atoms with van der Waals surface area (Å²) in [6, 6.07) is 14.7. The number of hydrogen-bond donors (Lipinski definition) is 2. The van der Waals surface area contributed by atoms with Gasteiger partial charge < -0.3 is 5.32 Å². The number of benzene rings is 2. The molecule has 2 aromatic rings. The molecule has 0 radical (unpaired) electrons. The number of para-hydroxylation sites is 1. The molecule has 104 valence electrons. The fraction of sp³-hybridized carbons (Fsp3) is 0.133. The van der Waals surface area contributed by atoms with Crippen LogP contribution in [0.4, 0.5) is 5.69 Å². The van der Waals surface area contributed by atoms with Gasteiger partial charge in [-0.15, -0.1) is 0 Å². The molecule has 1 amide bonds. The molecule has 4 nitrogen and oxygen atoms in total. The van der Waals surface area contributed by atoms with Crippen molar-refractivity contribution in [2.24, 2.45) is 0 Å². The Bertz CT molecular complexity index is 588. The Labute approximate surface area is 122 Å². The smallest absolute Gasteiger partial charge is 0.277 e. The molecule has 2 rings (SSSR count). The van der Waals surface area contributed by atoms with Gasteiger partial charge in [-0.05, 0) is 17.7 Å². The first kappa shape index (κ1) is 14.4. The second kappa shape index (κ2) is 6.93. The molecular formula is C15H15ClN2O2. The van der Waals surface area contributed by atoms with Crippen LogP contribution < -0.4 is 10.8 Å². The van der Waals surface area contributed by atoms with Gasteiger partial charge in [0, 0.05) is 7.05 Å². The molecule has 2 N–H and O–H groups in total. The summed E-state index contributed by atoms with van der Waals surface area (Å²) in [5, 5.41) is 3.39. The summed E-state index contributed by atoms with van der Waals surface area (Å²) in [6.45, 7) is 0.308. The highest BCUT2D eigenvalue weighted by Gasteiger charge is 2.13. The number of carbonyl (C=O) groups is 1. The number of amides is 1. The minimum Gasteiger partial charge on any atom is -0.386 e. The van der Waals surface area contributed by atoms with Crippen molar-refractivity contribution in [3.05, 3.63) is 64.7 Å². The maximum Gasteiger partial charge on any atom is 0.277 e. The normalized spacial score (nSPS) is 10.1. The van der Waals surface area contributed by atoms with E-state index in [1.165, 1.54) is 0 Å². The lowest BCUT2D eigenvalue weighted by atomic mass is 10.1. The molecule has 0 fully saturated rings.